The van der Waals surface area contributed by atoms with E-state index in [1.165, 1.54) is 0 Å². The lowest BCUT2D eigenvalue weighted by molar-refractivity contribution is -0.125. The van der Waals surface area contributed by atoms with Crippen molar-refractivity contribution in [3.8, 4) is 0 Å². The highest BCUT2D eigenvalue weighted by Crippen LogP contribution is 2.25. The molecule has 0 aliphatic carbocycles. The van der Waals surface area contributed by atoms with Gasteiger partial charge in [-0.1, -0.05) is 19.9 Å². The Labute approximate surface area is 171 Å². The SMILES string of the molecule is CC(C)CN1CC(NC(=O)c2cccc3[nH]ccc23)C(=O)NC2(CCOCC2)C1. The lowest BCUT2D eigenvalue weighted by atomic mass is 9.89. The third-order valence-electron chi connectivity index (χ3n) is 5.89. The number of carbonyl (C=O) groups is 2. The number of amides is 2. The van der Waals surface area contributed by atoms with Crippen LogP contribution in [0, 0.1) is 5.92 Å². The fourth-order valence-electron chi connectivity index (χ4n) is 4.55. The van der Waals surface area contributed by atoms with Crippen LogP contribution in [0.5, 0.6) is 0 Å². The molecule has 1 aromatic carbocycles. The molecule has 2 fully saturated rings. The predicted molar refractivity (Wildman–Crippen MR) is 112 cm³/mol. The van der Waals surface area contributed by atoms with Gasteiger partial charge in [0.1, 0.15) is 6.04 Å². The first kappa shape index (κ1) is 19.9. The van der Waals surface area contributed by atoms with E-state index in [1.54, 1.807) is 6.07 Å². The number of nitrogens with zero attached hydrogens (tertiary/aromatic N) is 1. The molecule has 29 heavy (non-hydrogen) atoms. The molecule has 1 aromatic heterocycles. The van der Waals surface area contributed by atoms with Gasteiger partial charge in [0.15, 0.2) is 0 Å². The number of hydrogen-bond acceptors (Lipinski definition) is 4. The third kappa shape index (κ3) is 4.31. The number of carbonyl (C=O) groups excluding carboxylic acids is 2. The zero-order chi connectivity index (χ0) is 20.4. The number of H-pyrrole nitrogens is 1. The summed E-state index contributed by atoms with van der Waals surface area (Å²) in [6, 6.07) is 6.88. The molecule has 0 radical (unpaired) electrons. The topological polar surface area (TPSA) is 86.5 Å². The molecule has 3 N–H and O–H groups in total. The van der Waals surface area contributed by atoms with E-state index >= 15 is 0 Å². The summed E-state index contributed by atoms with van der Waals surface area (Å²) in [6.07, 6.45) is 3.42. The highest BCUT2D eigenvalue weighted by atomic mass is 16.5. The molecule has 2 aliphatic heterocycles. The minimum atomic E-state index is -0.585. The highest BCUT2D eigenvalue weighted by molar-refractivity contribution is 6.07. The molecule has 1 unspecified atom stereocenters. The Morgan fingerprint density at radius 3 is 2.86 bits per heavy atom. The zero-order valence-electron chi connectivity index (χ0n) is 17.2. The number of aromatic nitrogens is 1. The average Bonchev–Trinajstić information content (AvgIpc) is 3.12. The van der Waals surface area contributed by atoms with Crippen LogP contribution in [0.25, 0.3) is 10.9 Å². The maximum absolute atomic E-state index is 13.1. The van der Waals surface area contributed by atoms with Crippen LogP contribution in [0.3, 0.4) is 0 Å². The van der Waals surface area contributed by atoms with E-state index < -0.39 is 6.04 Å². The van der Waals surface area contributed by atoms with Crippen molar-refractivity contribution in [1.29, 1.82) is 0 Å². The lowest BCUT2D eigenvalue weighted by Crippen LogP contribution is -2.57. The van der Waals surface area contributed by atoms with Crippen LogP contribution < -0.4 is 10.6 Å². The minimum absolute atomic E-state index is 0.104. The van der Waals surface area contributed by atoms with Gasteiger partial charge in [0.25, 0.3) is 5.91 Å². The van der Waals surface area contributed by atoms with Crippen LogP contribution in [0.2, 0.25) is 0 Å². The third-order valence-corrected chi connectivity index (χ3v) is 5.89. The monoisotopic (exact) mass is 398 g/mol. The van der Waals surface area contributed by atoms with Gasteiger partial charge in [-0.3, -0.25) is 14.5 Å². The summed E-state index contributed by atoms with van der Waals surface area (Å²) in [6.45, 7) is 7.86. The number of hydrogen-bond donors (Lipinski definition) is 3. The maximum atomic E-state index is 13.1. The molecule has 1 spiro atoms. The quantitative estimate of drug-likeness (QED) is 0.734. The van der Waals surface area contributed by atoms with Gasteiger partial charge < -0.3 is 20.4 Å². The normalized spacial score (nSPS) is 22.6. The highest BCUT2D eigenvalue weighted by Gasteiger charge is 2.41. The summed E-state index contributed by atoms with van der Waals surface area (Å²) in [4.78, 5) is 31.6. The fourth-order valence-corrected chi connectivity index (χ4v) is 4.55. The molecule has 4 rings (SSSR count). The Hall–Kier alpha value is -2.38. The van der Waals surface area contributed by atoms with E-state index in [4.69, 9.17) is 4.74 Å². The van der Waals surface area contributed by atoms with Gasteiger partial charge in [-0.25, -0.2) is 0 Å². The molecule has 7 nitrogen and oxygen atoms in total. The van der Waals surface area contributed by atoms with Crippen molar-refractivity contribution in [3.05, 3.63) is 36.0 Å². The molecule has 2 amide bonds. The van der Waals surface area contributed by atoms with Gasteiger partial charge in [-0.15, -0.1) is 0 Å². The second kappa shape index (κ2) is 8.16. The Morgan fingerprint density at radius 1 is 1.31 bits per heavy atom. The number of aromatic amines is 1. The zero-order valence-corrected chi connectivity index (χ0v) is 17.2. The Morgan fingerprint density at radius 2 is 2.10 bits per heavy atom. The molecule has 0 bridgehead atoms. The molecule has 0 saturated carbocycles. The standard InChI is InChI=1S/C22H30N4O3/c1-15(2)12-26-13-19(21(28)25-22(14-26)7-10-29-11-8-22)24-20(27)17-4-3-5-18-16(17)6-9-23-18/h3-6,9,15,19,23H,7-8,10-14H2,1-2H3,(H,24,27)(H,25,28). The summed E-state index contributed by atoms with van der Waals surface area (Å²) in [5.74, 6) is 0.153. The summed E-state index contributed by atoms with van der Waals surface area (Å²) in [7, 11) is 0. The molecule has 3 heterocycles. The maximum Gasteiger partial charge on any atom is 0.252 e. The summed E-state index contributed by atoms with van der Waals surface area (Å²) >= 11 is 0. The number of fused-ring (bicyclic) bond motifs is 1. The van der Waals surface area contributed by atoms with Crippen molar-refractivity contribution in [1.82, 2.24) is 20.5 Å². The first-order chi connectivity index (χ1) is 14.0. The van der Waals surface area contributed by atoms with Crippen molar-refractivity contribution >= 4 is 22.7 Å². The van der Waals surface area contributed by atoms with Crippen LogP contribution in [0.15, 0.2) is 30.5 Å². The van der Waals surface area contributed by atoms with Gasteiger partial charge >= 0.3 is 0 Å². The molecule has 156 valence electrons. The summed E-state index contributed by atoms with van der Waals surface area (Å²) < 4.78 is 5.53. The number of ether oxygens (including phenoxy) is 1. The molecule has 2 aliphatic rings. The van der Waals surface area contributed by atoms with Crippen LogP contribution in [0.1, 0.15) is 37.0 Å². The largest absolute Gasteiger partial charge is 0.381 e. The Bertz CT molecular complexity index is 885. The van der Waals surface area contributed by atoms with E-state index in [1.807, 2.05) is 24.4 Å². The predicted octanol–water partition coefficient (Wildman–Crippen LogP) is 1.90. The Balaban J connectivity index is 1.56. The van der Waals surface area contributed by atoms with E-state index in [-0.39, 0.29) is 17.4 Å². The molecule has 1 atom stereocenters. The smallest absolute Gasteiger partial charge is 0.252 e. The van der Waals surface area contributed by atoms with Crippen LogP contribution >= 0.6 is 0 Å². The van der Waals surface area contributed by atoms with Gasteiger partial charge in [0.05, 0.1) is 5.54 Å². The van der Waals surface area contributed by atoms with E-state index in [0.29, 0.717) is 31.2 Å². The lowest BCUT2D eigenvalue weighted by Gasteiger charge is -2.39. The fraction of sp³-hybridized carbons (Fsp3) is 0.545. The van der Waals surface area contributed by atoms with E-state index in [2.05, 4.69) is 34.4 Å². The van der Waals surface area contributed by atoms with Crippen molar-refractivity contribution in [3.63, 3.8) is 0 Å². The molecule has 2 saturated heterocycles. The summed E-state index contributed by atoms with van der Waals surface area (Å²) in [5, 5.41) is 7.11. The number of nitrogens with one attached hydrogen (secondary N) is 3. The Kier molecular flexibility index (Phi) is 5.61. The number of benzene rings is 1. The van der Waals surface area contributed by atoms with Crippen LogP contribution in [0.4, 0.5) is 0 Å². The first-order valence-corrected chi connectivity index (χ1v) is 10.4. The second-order valence-corrected chi connectivity index (χ2v) is 8.74. The van der Waals surface area contributed by atoms with E-state index in [9.17, 15) is 9.59 Å². The number of rotatable bonds is 4. The van der Waals surface area contributed by atoms with Crippen molar-refractivity contribution in [2.75, 3.05) is 32.8 Å². The summed E-state index contributed by atoms with van der Waals surface area (Å²) in [5.41, 5.74) is 1.22. The first-order valence-electron chi connectivity index (χ1n) is 10.4. The van der Waals surface area contributed by atoms with Crippen LogP contribution in [-0.2, 0) is 9.53 Å². The van der Waals surface area contributed by atoms with Crippen molar-refractivity contribution in [2.24, 2.45) is 5.92 Å². The molecular formula is C22H30N4O3. The van der Waals surface area contributed by atoms with Crippen molar-refractivity contribution < 1.29 is 14.3 Å². The van der Waals surface area contributed by atoms with E-state index in [0.717, 1.165) is 36.8 Å². The van der Waals surface area contributed by atoms with Gasteiger partial charge in [-0.2, -0.15) is 0 Å². The van der Waals surface area contributed by atoms with Crippen molar-refractivity contribution in [2.45, 2.75) is 38.3 Å². The average molecular weight is 399 g/mol. The molecule has 7 heteroatoms. The van der Waals surface area contributed by atoms with Gasteiger partial charge in [0, 0.05) is 55.5 Å². The second-order valence-electron chi connectivity index (χ2n) is 8.74. The van der Waals surface area contributed by atoms with Gasteiger partial charge in [0.2, 0.25) is 5.91 Å². The molecule has 2 aromatic rings. The van der Waals surface area contributed by atoms with Gasteiger partial charge in [-0.05, 0) is 37.0 Å². The minimum Gasteiger partial charge on any atom is -0.381 e. The van der Waals surface area contributed by atoms with Crippen LogP contribution in [-0.4, -0.2) is 66.1 Å². The molecular weight excluding hydrogens is 368 g/mol.